The number of carbonyl (C=O) groups excluding carboxylic acids is 1. The number of hydrogen-bond acceptors (Lipinski definition) is 2. The Morgan fingerprint density at radius 2 is 2.05 bits per heavy atom. The van der Waals surface area contributed by atoms with E-state index in [2.05, 4.69) is 20.9 Å². The summed E-state index contributed by atoms with van der Waals surface area (Å²) in [7, 11) is 3.44. The van der Waals surface area contributed by atoms with Crippen molar-refractivity contribution in [1.82, 2.24) is 16.0 Å². The smallest absolute Gasteiger partial charge is 0.251 e. The molecule has 0 radical (unpaired) electrons. The number of nitrogens with one attached hydrogen (secondary N) is 3. The lowest BCUT2D eigenvalue weighted by Crippen LogP contribution is -2.38. The van der Waals surface area contributed by atoms with E-state index in [-0.39, 0.29) is 5.91 Å². The molecule has 0 saturated heterocycles. The summed E-state index contributed by atoms with van der Waals surface area (Å²) in [6, 6.07) is 7.72. The fourth-order valence-electron chi connectivity index (χ4n) is 2.36. The molecule has 1 saturated carbocycles. The van der Waals surface area contributed by atoms with Gasteiger partial charge in [-0.25, -0.2) is 0 Å². The van der Waals surface area contributed by atoms with Crippen LogP contribution in [0, 0.1) is 5.92 Å². The number of hydrogen-bond donors (Lipinski definition) is 3. The van der Waals surface area contributed by atoms with Crippen LogP contribution in [0.15, 0.2) is 29.3 Å². The highest BCUT2D eigenvalue weighted by Gasteiger charge is 2.20. The molecule has 0 bridgehead atoms. The Kier molecular flexibility index (Phi) is 6.25. The summed E-state index contributed by atoms with van der Waals surface area (Å²) in [5.41, 5.74) is 1.84. The molecule has 0 spiro atoms. The van der Waals surface area contributed by atoms with Gasteiger partial charge in [-0.3, -0.25) is 9.79 Å². The maximum Gasteiger partial charge on any atom is 0.251 e. The first-order valence-corrected chi connectivity index (χ1v) is 7.98. The number of benzene rings is 1. The average Bonchev–Trinajstić information content (AvgIpc) is 3.37. The molecule has 1 fully saturated rings. The molecule has 1 aromatic rings. The highest BCUT2D eigenvalue weighted by atomic mass is 16.1. The largest absolute Gasteiger partial charge is 0.356 e. The minimum atomic E-state index is -0.0487. The van der Waals surface area contributed by atoms with E-state index in [1.807, 2.05) is 24.3 Å². The average molecular weight is 302 g/mol. The van der Waals surface area contributed by atoms with Crippen LogP contribution in [-0.4, -0.2) is 39.1 Å². The molecule has 1 amide bonds. The maximum atomic E-state index is 11.6. The first-order valence-electron chi connectivity index (χ1n) is 7.98. The van der Waals surface area contributed by atoms with E-state index < -0.39 is 0 Å². The van der Waals surface area contributed by atoms with Gasteiger partial charge in [0.25, 0.3) is 5.91 Å². The Balaban J connectivity index is 1.73. The molecule has 0 heterocycles. The zero-order valence-corrected chi connectivity index (χ0v) is 13.5. The van der Waals surface area contributed by atoms with Crippen molar-refractivity contribution < 1.29 is 4.79 Å². The van der Waals surface area contributed by atoms with Crippen molar-refractivity contribution in [2.45, 2.75) is 25.7 Å². The van der Waals surface area contributed by atoms with Gasteiger partial charge in [0.1, 0.15) is 0 Å². The van der Waals surface area contributed by atoms with Crippen molar-refractivity contribution >= 4 is 11.9 Å². The molecule has 2 rings (SSSR count). The van der Waals surface area contributed by atoms with Gasteiger partial charge in [-0.2, -0.15) is 0 Å². The van der Waals surface area contributed by atoms with Gasteiger partial charge in [0, 0.05) is 32.7 Å². The van der Waals surface area contributed by atoms with Gasteiger partial charge in [0.05, 0.1) is 0 Å². The Labute approximate surface area is 132 Å². The predicted molar refractivity (Wildman–Crippen MR) is 90.2 cm³/mol. The summed E-state index contributed by atoms with van der Waals surface area (Å²) < 4.78 is 0. The minimum absolute atomic E-state index is 0.0487. The second-order valence-electron chi connectivity index (χ2n) is 5.69. The van der Waals surface area contributed by atoms with Crippen LogP contribution in [0.2, 0.25) is 0 Å². The molecule has 3 N–H and O–H groups in total. The molecular formula is C17H26N4O. The fourth-order valence-corrected chi connectivity index (χ4v) is 2.36. The predicted octanol–water partition coefficient (Wildman–Crippen LogP) is 1.55. The van der Waals surface area contributed by atoms with Gasteiger partial charge in [0.15, 0.2) is 5.96 Å². The highest BCUT2D eigenvalue weighted by molar-refractivity contribution is 5.94. The van der Waals surface area contributed by atoms with E-state index in [9.17, 15) is 4.79 Å². The molecule has 0 unspecified atom stereocenters. The molecule has 0 aromatic heterocycles. The van der Waals surface area contributed by atoms with Gasteiger partial charge in [-0.05, 0) is 36.5 Å². The number of amides is 1. The summed E-state index contributed by atoms with van der Waals surface area (Å²) in [4.78, 5) is 15.8. The lowest BCUT2D eigenvalue weighted by molar-refractivity contribution is 0.0963. The molecule has 1 aliphatic rings. The van der Waals surface area contributed by atoms with Gasteiger partial charge in [-0.1, -0.05) is 25.0 Å². The molecule has 1 aliphatic carbocycles. The van der Waals surface area contributed by atoms with Crippen molar-refractivity contribution in [3.63, 3.8) is 0 Å². The van der Waals surface area contributed by atoms with Gasteiger partial charge < -0.3 is 16.0 Å². The van der Waals surface area contributed by atoms with E-state index in [1.165, 1.54) is 19.3 Å². The third-order valence-electron chi connectivity index (χ3n) is 3.89. The molecular weight excluding hydrogens is 276 g/mol. The van der Waals surface area contributed by atoms with Crippen LogP contribution >= 0.6 is 0 Å². The van der Waals surface area contributed by atoms with Crippen LogP contribution in [0.5, 0.6) is 0 Å². The molecule has 5 nitrogen and oxygen atoms in total. The quantitative estimate of drug-likeness (QED) is 0.529. The molecule has 0 atom stereocenters. The van der Waals surface area contributed by atoms with Crippen LogP contribution < -0.4 is 16.0 Å². The molecule has 1 aromatic carbocycles. The van der Waals surface area contributed by atoms with Crippen molar-refractivity contribution in [2.24, 2.45) is 10.9 Å². The molecule has 5 heteroatoms. The van der Waals surface area contributed by atoms with Crippen molar-refractivity contribution in [1.29, 1.82) is 0 Å². The van der Waals surface area contributed by atoms with Gasteiger partial charge >= 0.3 is 0 Å². The first-order chi connectivity index (χ1) is 10.7. The van der Waals surface area contributed by atoms with E-state index in [4.69, 9.17) is 0 Å². The third-order valence-corrected chi connectivity index (χ3v) is 3.89. The van der Waals surface area contributed by atoms with Crippen LogP contribution in [0.3, 0.4) is 0 Å². The van der Waals surface area contributed by atoms with Crippen LogP contribution in [0.25, 0.3) is 0 Å². The zero-order chi connectivity index (χ0) is 15.8. The Morgan fingerprint density at radius 1 is 1.27 bits per heavy atom. The summed E-state index contributed by atoms with van der Waals surface area (Å²) in [5.74, 6) is 1.73. The summed E-state index contributed by atoms with van der Waals surface area (Å²) in [6.07, 6.45) is 4.85. The van der Waals surface area contributed by atoms with E-state index in [1.54, 1.807) is 14.1 Å². The lowest BCUT2D eigenvalue weighted by Gasteiger charge is -2.12. The van der Waals surface area contributed by atoms with E-state index >= 15 is 0 Å². The van der Waals surface area contributed by atoms with Crippen LogP contribution in [0.4, 0.5) is 0 Å². The van der Waals surface area contributed by atoms with Crippen molar-refractivity contribution in [3.05, 3.63) is 35.4 Å². The molecule has 22 heavy (non-hydrogen) atoms. The number of aliphatic imine (C=N–C) groups is 1. The standard InChI is InChI=1S/C17H26N4O/c1-18-16(22)15-5-3-4-14(12-15)9-11-21-17(19-2)20-10-8-13-6-7-13/h3-5,12-13H,6-11H2,1-2H3,(H,18,22)(H2,19,20,21). The Hall–Kier alpha value is -2.04. The monoisotopic (exact) mass is 302 g/mol. The Morgan fingerprint density at radius 3 is 2.73 bits per heavy atom. The number of carbonyl (C=O) groups is 1. The highest BCUT2D eigenvalue weighted by Crippen LogP contribution is 2.31. The number of nitrogens with zero attached hydrogens (tertiary/aromatic N) is 1. The van der Waals surface area contributed by atoms with E-state index in [0.717, 1.165) is 37.0 Å². The van der Waals surface area contributed by atoms with E-state index in [0.29, 0.717) is 5.56 Å². The SMILES string of the molecule is CN=C(NCCc1cccc(C(=O)NC)c1)NCCC1CC1. The van der Waals surface area contributed by atoms with Gasteiger partial charge in [0.2, 0.25) is 0 Å². The van der Waals surface area contributed by atoms with Gasteiger partial charge in [-0.15, -0.1) is 0 Å². The zero-order valence-electron chi connectivity index (χ0n) is 13.5. The first kappa shape index (κ1) is 16.3. The number of guanidine groups is 1. The maximum absolute atomic E-state index is 11.6. The van der Waals surface area contributed by atoms with Crippen molar-refractivity contribution in [3.8, 4) is 0 Å². The third kappa shape index (κ3) is 5.39. The second kappa shape index (κ2) is 8.41. The normalized spacial score (nSPS) is 14.5. The fraction of sp³-hybridized carbons (Fsp3) is 0.529. The Bertz CT molecular complexity index is 523. The summed E-state index contributed by atoms with van der Waals surface area (Å²) in [6.45, 7) is 1.77. The lowest BCUT2D eigenvalue weighted by atomic mass is 10.1. The van der Waals surface area contributed by atoms with Crippen LogP contribution in [-0.2, 0) is 6.42 Å². The second-order valence-corrected chi connectivity index (χ2v) is 5.69. The molecule has 0 aliphatic heterocycles. The number of rotatable bonds is 7. The summed E-state index contributed by atoms with van der Waals surface area (Å²) >= 11 is 0. The topological polar surface area (TPSA) is 65.5 Å². The minimum Gasteiger partial charge on any atom is -0.356 e. The molecule has 120 valence electrons. The summed E-state index contributed by atoms with van der Waals surface area (Å²) in [5, 5.41) is 9.30. The van der Waals surface area contributed by atoms with Crippen molar-refractivity contribution in [2.75, 3.05) is 27.2 Å². The van der Waals surface area contributed by atoms with Crippen LogP contribution in [0.1, 0.15) is 35.2 Å².